The van der Waals surface area contributed by atoms with E-state index in [1.807, 2.05) is 13.8 Å². The third kappa shape index (κ3) is 9.19. The molecule has 2 aromatic rings. The van der Waals surface area contributed by atoms with Gasteiger partial charge in [-0.15, -0.1) is 0 Å². The molecule has 21 heteroatoms. The normalized spacial score (nSPS) is 39.7. The Morgan fingerprint density at radius 2 is 1.59 bits per heavy atom. The summed E-state index contributed by atoms with van der Waals surface area (Å²) < 4.78 is 61.4. The van der Waals surface area contributed by atoms with E-state index in [0.29, 0.717) is 37.3 Å². The number of rotatable bonds is 15. The molecule has 386 valence electrons. The van der Waals surface area contributed by atoms with Gasteiger partial charge in [-0.25, -0.2) is 17.4 Å². The number of benzene rings is 1. The number of aromatic nitrogens is 2. The van der Waals surface area contributed by atoms with Crippen molar-refractivity contribution in [3.8, 4) is 0 Å². The van der Waals surface area contributed by atoms with E-state index in [2.05, 4.69) is 30.2 Å². The first kappa shape index (κ1) is 52.1. The number of likely N-dealkylation sites (N-methyl/N-ethyl adjacent to an activating group) is 1. The van der Waals surface area contributed by atoms with Crippen LogP contribution in [0.15, 0.2) is 33.3 Å². The molecule has 3 saturated carbocycles. The van der Waals surface area contributed by atoms with Crippen molar-refractivity contribution >= 4 is 38.5 Å². The summed E-state index contributed by atoms with van der Waals surface area (Å²) in [6.45, 7) is 9.05. The maximum absolute atomic E-state index is 14.1. The maximum atomic E-state index is 14.1. The number of esters is 1. The lowest BCUT2D eigenvalue weighted by Crippen LogP contribution is -2.63. The first-order valence-electron chi connectivity index (χ1n) is 24.4. The second-order valence-electron chi connectivity index (χ2n) is 21.7. The fourth-order valence-electron chi connectivity index (χ4n) is 12.9. The molecule has 0 bridgehead atoms. The molecule has 1 aromatic heterocycles. The first-order chi connectivity index (χ1) is 32.4. The number of ketones is 1. The minimum atomic E-state index is -3.91. The lowest BCUT2D eigenvalue weighted by Gasteiger charge is -2.59. The minimum absolute atomic E-state index is 0.0413. The molecule has 0 unspecified atom stereocenters. The number of sulfonamides is 1. The van der Waals surface area contributed by atoms with Crippen LogP contribution in [0.1, 0.15) is 92.4 Å². The molecule has 69 heavy (non-hydrogen) atoms. The van der Waals surface area contributed by atoms with E-state index in [9.17, 15) is 48.6 Å². The van der Waals surface area contributed by atoms with Crippen LogP contribution in [0.2, 0.25) is 0 Å². The largest absolute Gasteiger partial charge is 0.456 e. The Bertz CT molecular complexity index is 2350. The molecule has 3 heterocycles. The highest BCUT2D eigenvalue weighted by molar-refractivity contribution is 7.89. The molecule has 4 aliphatic carbocycles. The highest BCUT2D eigenvalue weighted by Crippen LogP contribution is 2.69. The highest BCUT2D eigenvalue weighted by atomic mass is 32.2. The van der Waals surface area contributed by atoms with Gasteiger partial charge >= 0.3 is 5.97 Å². The molecular weight excluding hydrogens is 921 g/mol. The number of nitrogens with zero attached hydrogens (tertiary/aromatic N) is 4. The van der Waals surface area contributed by atoms with E-state index in [0.717, 1.165) is 30.0 Å². The molecule has 0 amide bonds. The molecule has 20 nitrogen and oxygen atoms in total. The Balaban J connectivity index is 0.939. The Morgan fingerprint density at radius 3 is 2.30 bits per heavy atom. The van der Waals surface area contributed by atoms with Crippen LogP contribution in [-0.4, -0.2) is 173 Å². The number of aliphatic hydroxyl groups excluding tert-OH is 5. The van der Waals surface area contributed by atoms with Crippen LogP contribution in [0, 0.1) is 40.4 Å². The summed E-state index contributed by atoms with van der Waals surface area (Å²) >= 11 is 0. The summed E-state index contributed by atoms with van der Waals surface area (Å²) in [5, 5.41) is 76.8. The monoisotopic (exact) mass is 992 g/mol. The van der Waals surface area contributed by atoms with E-state index < -0.39 is 101 Å². The van der Waals surface area contributed by atoms with Crippen molar-refractivity contribution in [1.82, 2.24) is 14.6 Å². The SMILES string of the molecule is CC(C)CCC(=O)[C@@H](C)[C@@]1(O)[C@@H](O[C@H]2OC[C@H](O)[C@H](O[C@@H]3OC[C@@H](OC(=O)CN(C)c4ccc(S(=O)(=O)N(C)C)c5nonc45)[C@H](O)[C@H]3O)[C@H]2O)C[C@H]2[C@@H]3CC=C4C[C@@H](O)CC[C@]4(C)[C@H]3CC[C@@]21C. The molecule has 1 aromatic carbocycles. The van der Waals surface area contributed by atoms with Crippen molar-refractivity contribution in [2.24, 2.45) is 40.4 Å². The van der Waals surface area contributed by atoms with Crippen LogP contribution >= 0.6 is 0 Å². The van der Waals surface area contributed by atoms with E-state index in [4.69, 9.17) is 28.3 Å². The van der Waals surface area contributed by atoms with E-state index in [1.54, 1.807) is 6.92 Å². The van der Waals surface area contributed by atoms with Gasteiger partial charge in [-0.05, 0) is 103 Å². The van der Waals surface area contributed by atoms with E-state index in [-0.39, 0.29) is 64.0 Å². The molecule has 5 fully saturated rings. The number of allylic oxidation sites excluding steroid dienone is 1. The third-order valence-electron chi connectivity index (χ3n) is 17.1. The quantitative estimate of drug-likeness (QED) is 0.110. The summed E-state index contributed by atoms with van der Waals surface area (Å²) in [4.78, 5) is 28.5. The molecule has 6 N–H and O–H groups in total. The van der Waals surface area contributed by atoms with Crippen molar-refractivity contribution in [3.63, 3.8) is 0 Å². The van der Waals surface area contributed by atoms with Crippen LogP contribution in [0.4, 0.5) is 5.69 Å². The number of aliphatic hydroxyl groups is 6. The van der Waals surface area contributed by atoms with E-state index in [1.165, 1.54) is 43.7 Å². The zero-order valence-electron chi connectivity index (χ0n) is 40.8. The fraction of sp³-hybridized carbons (Fsp3) is 0.792. The van der Waals surface area contributed by atoms with Gasteiger partial charge in [0.15, 0.2) is 29.7 Å². The van der Waals surface area contributed by atoms with Crippen molar-refractivity contribution in [3.05, 3.63) is 23.8 Å². The number of fused-ring (bicyclic) bond motifs is 6. The van der Waals surface area contributed by atoms with Gasteiger partial charge in [0.05, 0.1) is 31.1 Å². The Hall–Kier alpha value is -3.19. The summed E-state index contributed by atoms with van der Waals surface area (Å²) in [7, 11) is 0.354. The van der Waals surface area contributed by atoms with Gasteiger partial charge in [0.2, 0.25) is 10.0 Å². The topological polar surface area (TPSA) is 281 Å². The molecule has 8 rings (SSSR count). The number of ether oxygens (including phenoxy) is 5. The number of Topliss-reactive ketones (excluding diaryl/α,β-unsaturated/α-hetero) is 1. The molecular formula is C48H72N4O16S. The average molecular weight is 993 g/mol. The van der Waals surface area contributed by atoms with E-state index >= 15 is 0 Å². The van der Waals surface area contributed by atoms with Gasteiger partial charge in [-0.2, -0.15) is 0 Å². The second kappa shape index (κ2) is 19.7. The van der Waals surface area contributed by atoms with Crippen LogP contribution in [0.3, 0.4) is 0 Å². The lowest BCUT2D eigenvalue weighted by atomic mass is 9.46. The van der Waals surface area contributed by atoms with Crippen LogP contribution < -0.4 is 4.90 Å². The zero-order chi connectivity index (χ0) is 50.1. The Kier molecular flexibility index (Phi) is 14.9. The summed E-state index contributed by atoms with van der Waals surface area (Å²) in [5.41, 5.74) is -0.848. The van der Waals surface area contributed by atoms with Gasteiger partial charge in [0.25, 0.3) is 0 Å². The highest BCUT2D eigenvalue weighted by Gasteiger charge is 2.70. The summed E-state index contributed by atoms with van der Waals surface area (Å²) in [5.74, 6) is -1.02. The van der Waals surface area contributed by atoms with Gasteiger partial charge in [0.1, 0.15) is 53.3 Å². The van der Waals surface area contributed by atoms with Crippen LogP contribution in [-0.2, 0) is 43.3 Å². The second-order valence-corrected chi connectivity index (χ2v) is 23.8. The van der Waals surface area contributed by atoms with Crippen molar-refractivity contribution < 1.29 is 77.0 Å². The zero-order valence-corrected chi connectivity index (χ0v) is 41.7. The van der Waals surface area contributed by atoms with Gasteiger partial charge in [0, 0.05) is 38.9 Å². The standard InChI is InChI=1S/C48H72N4O16S/c1-24(2)9-13-32(54)25(3)48(60)36(20-30-28-11-10-26-19-27(53)15-17-46(26,4)29(28)16-18-47(30,48)5)66-45-42(59)43(33(55)22-63-45)67-44-41(58)40(57)34(23-64-44)65-37(56)21-52(8)31-12-14-35(69(61,62)51(6)7)39-38(31)49-68-50-39/h10,12,14,24-25,27-30,33-34,36,40-45,53,55,57-60H,9,11,13,15-23H2,1-8H3/t25-,27+,28-,29+,30+,33+,34-,36+,40+,41-,42-,43+,44+,45-,46+,47+,48-/m1/s1. The lowest BCUT2D eigenvalue weighted by molar-refractivity contribution is -0.345. The van der Waals surface area contributed by atoms with Crippen molar-refractivity contribution in [2.75, 3.05) is 45.8 Å². The van der Waals surface area contributed by atoms with Crippen molar-refractivity contribution in [2.45, 2.75) is 164 Å². The number of carbonyl (C=O) groups is 2. The number of hydrogen-bond donors (Lipinski definition) is 6. The summed E-state index contributed by atoms with van der Waals surface area (Å²) in [6, 6.07) is 2.75. The predicted molar refractivity (Wildman–Crippen MR) is 245 cm³/mol. The number of hydrogen-bond acceptors (Lipinski definition) is 19. The maximum Gasteiger partial charge on any atom is 0.325 e. The smallest absolute Gasteiger partial charge is 0.325 e. The molecule has 2 aliphatic heterocycles. The number of carbonyl (C=O) groups excluding carboxylic acids is 2. The van der Waals surface area contributed by atoms with Crippen LogP contribution in [0.5, 0.6) is 0 Å². The Morgan fingerprint density at radius 1 is 0.899 bits per heavy atom. The molecule has 6 aliphatic rings. The fourth-order valence-corrected chi connectivity index (χ4v) is 13.9. The van der Waals surface area contributed by atoms with Crippen molar-refractivity contribution in [1.29, 1.82) is 0 Å². The third-order valence-corrected chi connectivity index (χ3v) is 18.9. The molecule has 2 saturated heterocycles. The molecule has 0 spiro atoms. The molecule has 0 radical (unpaired) electrons. The first-order valence-corrected chi connectivity index (χ1v) is 25.8. The summed E-state index contributed by atoms with van der Waals surface area (Å²) in [6.07, 6.45) is -5.71. The van der Waals surface area contributed by atoms with Crippen LogP contribution in [0.25, 0.3) is 11.0 Å². The van der Waals surface area contributed by atoms with Gasteiger partial charge in [-0.3, -0.25) is 9.59 Å². The number of anilines is 1. The Labute approximate surface area is 403 Å². The average Bonchev–Trinajstić information content (AvgIpc) is 3.88. The predicted octanol–water partition coefficient (Wildman–Crippen LogP) is 2.05. The van der Waals surface area contributed by atoms with Gasteiger partial charge < -0.3 is 59.2 Å². The minimum Gasteiger partial charge on any atom is -0.456 e. The van der Waals surface area contributed by atoms with Gasteiger partial charge in [-0.1, -0.05) is 46.3 Å². The molecule has 17 atom stereocenters.